The second-order valence-electron chi connectivity index (χ2n) is 7.03. The maximum atomic E-state index is 12.6. The lowest BCUT2D eigenvalue weighted by atomic mass is 10.0. The summed E-state index contributed by atoms with van der Waals surface area (Å²) in [5.74, 6) is -0.391. The molecule has 29 heavy (non-hydrogen) atoms. The zero-order valence-electron chi connectivity index (χ0n) is 16.5. The highest BCUT2D eigenvalue weighted by Gasteiger charge is 2.15. The van der Waals surface area contributed by atoms with Crippen LogP contribution in [0.25, 0.3) is 11.1 Å². The number of carbonyl (C=O) groups is 1. The molecule has 6 heteroatoms. The molecule has 3 aromatic rings. The number of esters is 1. The number of sulfonamides is 1. The molecule has 0 aliphatic rings. The van der Waals surface area contributed by atoms with E-state index in [1.165, 1.54) is 0 Å². The van der Waals surface area contributed by atoms with Crippen molar-refractivity contribution in [3.63, 3.8) is 0 Å². The highest BCUT2D eigenvalue weighted by molar-refractivity contribution is 7.92. The van der Waals surface area contributed by atoms with Gasteiger partial charge >= 0.3 is 5.97 Å². The van der Waals surface area contributed by atoms with Gasteiger partial charge < -0.3 is 4.74 Å². The van der Waals surface area contributed by atoms with Crippen LogP contribution in [-0.4, -0.2) is 20.5 Å². The number of ether oxygens (including phenoxy) is 1. The van der Waals surface area contributed by atoms with E-state index in [1.54, 1.807) is 74.5 Å². The first-order chi connectivity index (χ1) is 13.7. The number of benzene rings is 3. The minimum atomic E-state index is -3.69. The maximum absolute atomic E-state index is 12.6. The van der Waals surface area contributed by atoms with Crippen molar-refractivity contribution < 1.29 is 17.9 Å². The zero-order valence-corrected chi connectivity index (χ0v) is 17.4. The molecule has 0 heterocycles. The maximum Gasteiger partial charge on any atom is 0.338 e. The van der Waals surface area contributed by atoms with E-state index in [-0.39, 0.29) is 11.0 Å². The summed E-state index contributed by atoms with van der Waals surface area (Å²) in [4.78, 5) is 12.4. The van der Waals surface area contributed by atoms with Crippen LogP contribution < -0.4 is 4.72 Å². The third-order valence-electron chi connectivity index (χ3n) is 4.22. The third kappa shape index (κ3) is 5.23. The molecule has 0 bridgehead atoms. The number of carbonyl (C=O) groups excluding carboxylic acids is 1. The van der Waals surface area contributed by atoms with Crippen molar-refractivity contribution in [2.75, 3.05) is 4.72 Å². The Morgan fingerprint density at radius 2 is 1.52 bits per heavy atom. The monoisotopic (exact) mass is 409 g/mol. The Morgan fingerprint density at radius 1 is 0.897 bits per heavy atom. The van der Waals surface area contributed by atoms with E-state index in [4.69, 9.17) is 4.74 Å². The molecule has 0 saturated carbocycles. The summed E-state index contributed by atoms with van der Waals surface area (Å²) >= 11 is 0. The van der Waals surface area contributed by atoms with Gasteiger partial charge in [-0.05, 0) is 68.3 Å². The molecule has 0 saturated heterocycles. The number of nitrogens with one attached hydrogen (secondary N) is 1. The molecule has 3 rings (SSSR count). The first kappa shape index (κ1) is 20.6. The van der Waals surface area contributed by atoms with Gasteiger partial charge in [0.15, 0.2) is 0 Å². The fourth-order valence-corrected chi connectivity index (χ4v) is 3.85. The quantitative estimate of drug-likeness (QED) is 0.580. The van der Waals surface area contributed by atoms with Gasteiger partial charge in [0, 0.05) is 5.69 Å². The summed E-state index contributed by atoms with van der Waals surface area (Å²) in [7, 11) is -3.69. The van der Waals surface area contributed by atoms with Gasteiger partial charge in [-0.25, -0.2) is 13.2 Å². The number of aryl methyl sites for hydroxylation is 1. The average molecular weight is 410 g/mol. The molecule has 0 unspecified atom stereocenters. The normalized spacial score (nSPS) is 11.3. The van der Waals surface area contributed by atoms with Gasteiger partial charge in [-0.3, -0.25) is 4.72 Å². The van der Waals surface area contributed by atoms with Gasteiger partial charge in [0.05, 0.1) is 16.6 Å². The van der Waals surface area contributed by atoms with Gasteiger partial charge in [-0.2, -0.15) is 0 Å². The average Bonchev–Trinajstić information content (AvgIpc) is 2.68. The first-order valence-corrected chi connectivity index (χ1v) is 10.7. The Balaban J connectivity index is 1.86. The Kier molecular flexibility index (Phi) is 6.03. The molecule has 150 valence electrons. The first-order valence-electron chi connectivity index (χ1n) is 9.25. The summed E-state index contributed by atoms with van der Waals surface area (Å²) in [6, 6.07) is 20.8. The molecule has 0 radical (unpaired) electrons. The topological polar surface area (TPSA) is 72.5 Å². The molecular formula is C23H23NO4S. The molecule has 0 atom stereocenters. The van der Waals surface area contributed by atoms with Crippen LogP contribution in [0.4, 0.5) is 5.69 Å². The number of anilines is 1. The second kappa shape index (κ2) is 8.49. The molecule has 0 amide bonds. The van der Waals surface area contributed by atoms with Crippen LogP contribution in [0.1, 0.15) is 29.8 Å². The van der Waals surface area contributed by atoms with Crippen molar-refractivity contribution >= 4 is 21.7 Å². The number of hydrogen-bond donors (Lipinski definition) is 1. The molecule has 1 N–H and O–H groups in total. The van der Waals surface area contributed by atoms with Gasteiger partial charge in [0.25, 0.3) is 10.0 Å². The minimum Gasteiger partial charge on any atom is -0.459 e. The smallest absolute Gasteiger partial charge is 0.338 e. The lowest BCUT2D eigenvalue weighted by Gasteiger charge is -2.11. The fourth-order valence-electron chi connectivity index (χ4n) is 2.80. The van der Waals surface area contributed by atoms with Crippen LogP contribution in [0.15, 0.2) is 77.7 Å². The fraction of sp³-hybridized carbons (Fsp3) is 0.174. The van der Waals surface area contributed by atoms with Crippen LogP contribution in [0.5, 0.6) is 0 Å². The van der Waals surface area contributed by atoms with Crippen molar-refractivity contribution in [2.24, 2.45) is 0 Å². The third-order valence-corrected chi connectivity index (χ3v) is 5.62. The summed E-state index contributed by atoms with van der Waals surface area (Å²) in [6.45, 7) is 5.50. The van der Waals surface area contributed by atoms with E-state index >= 15 is 0 Å². The lowest BCUT2D eigenvalue weighted by Crippen LogP contribution is -2.13. The predicted molar refractivity (Wildman–Crippen MR) is 114 cm³/mol. The van der Waals surface area contributed by atoms with E-state index < -0.39 is 16.0 Å². The summed E-state index contributed by atoms with van der Waals surface area (Å²) in [5.41, 5.74) is 3.45. The highest BCUT2D eigenvalue weighted by atomic mass is 32.2. The molecule has 0 aromatic heterocycles. The Hall–Kier alpha value is -3.12. The van der Waals surface area contributed by atoms with Crippen LogP contribution in [0, 0.1) is 6.92 Å². The molecule has 0 aliphatic carbocycles. The van der Waals surface area contributed by atoms with E-state index in [1.807, 2.05) is 19.1 Å². The molecular weight excluding hydrogens is 386 g/mol. The summed E-state index contributed by atoms with van der Waals surface area (Å²) < 4.78 is 33.1. The van der Waals surface area contributed by atoms with Gasteiger partial charge in [-0.15, -0.1) is 0 Å². The minimum absolute atomic E-state index is 0.201. The largest absolute Gasteiger partial charge is 0.459 e. The van der Waals surface area contributed by atoms with Crippen LogP contribution >= 0.6 is 0 Å². The van der Waals surface area contributed by atoms with Crippen molar-refractivity contribution in [1.82, 2.24) is 0 Å². The van der Waals surface area contributed by atoms with Crippen LogP contribution in [0.2, 0.25) is 0 Å². The van der Waals surface area contributed by atoms with E-state index in [9.17, 15) is 13.2 Å². The van der Waals surface area contributed by atoms with Gasteiger partial charge in [-0.1, -0.05) is 42.0 Å². The number of rotatable bonds is 6. The second-order valence-corrected chi connectivity index (χ2v) is 8.72. The molecule has 0 aliphatic heterocycles. The van der Waals surface area contributed by atoms with Crippen molar-refractivity contribution in [3.8, 4) is 11.1 Å². The molecule has 0 fully saturated rings. The van der Waals surface area contributed by atoms with Crippen molar-refractivity contribution in [2.45, 2.75) is 31.8 Å². The highest BCUT2D eigenvalue weighted by Crippen LogP contribution is 2.25. The van der Waals surface area contributed by atoms with E-state index in [0.29, 0.717) is 11.3 Å². The SMILES string of the molecule is Cc1ccc(S(=O)(=O)Nc2cccc(-c3cccc(C(=O)OC(C)C)c3)c2)cc1. The Labute approximate surface area is 171 Å². The Morgan fingerprint density at radius 3 is 2.17 bits per heavy atom. The molecule has 0 spiro atoms. The van der Waals surface area contributed by atoms with Crippen LogP contribution in [-0.2, 0) is 14.8 Å². The van der Waals surface area contributed by atoms with Crippen molar-refractivity contribution in [3.05, 3.63) is 83.9 Å². The zero-order chi connectivity index (χ0) is 21.0. The van der Waals surface area contributed by atoms with E-state index in [2.05, 4.69) is 4.72 Å². The predicted octanol–water partition coefficient (Wildman–Crippen LogP) is 5.03. The van der Waals surface area contributed by atoms with Gasteiger partial charge in [0.1, 0.15) is 0 Å². The van der Waals surface area contributed by atoms with Gasteiger partial charge in [0.2, 0.25) is 0 Å². The summed E-state index contributed by atoms with van der Waals surface area (Å²) in [6.07, 6.45) is -0.203. The van der Waals surface area contributed by atoms with Crippen LogP contribution in [0.3, 0.4) is 0 Å². The standard InChI is InChI=1S/C23H23NO4S/c1-16(2)28-23(25)20-8-4-6-18(14-20)19-7-5-9-21(15-19)24-29(26,27)22-12-10-17(3)11-13-22/h4-16,24H,1-3H3. The Bertz CT molecular complexity index is 1120. The summed E-state index contributed by atoms with van der Waals surface area (Å²) in [5, 5.41) is 0. The van der Waals surface area contributed by atoms with E-state index in [0.717, 1.165) is 16.7 Å². The van der Waals surface area contributed by atoms with Crippen molar-refractivity contribution in [1.29, 1.82) is 0 Å². The number of hydrogen-bond acceptors (Lipinski definition) is 4. The molecule has 5 nitrogen and oxygen atoms in total. The lowest BCUT2D eigenvalue weighted by molar-refractivity contribution is 0.0378. The molecule has 3 aromatic carbocycles.